The molecule has 3 N–H and O–H groups in total. The quantitative estimate of drug-likeness (QED) is 0.743. The topological polar surface area (TPSA) is 73.6 Å². The number of carbonyl (C=O) groups is 1. The van der Waals surface area contributed by atoms with Gasteiger partial charge >= 0.3 is 0 Å². The predicted molar refractivity (Wildman–Crippen MR) is 76.8 cm³/mol. The van der Waals surface area contributed by atoms with Crippen LogP contribution in [0.4, 0.5) is 0 Å². The minimum Gasteiger partial charge on any atom is -0.486 e. The van der Waals surface area contributed by atoms with Crippen LogP contribution in [0, 0.1) is 0 Å². The maximum atomic E-state index is 11.7. The van der Waals surface area contributed by atoms with Gasteiger partial charge in [0.2, 0.25) is 5.91 Å². The highest BCUT2D eigenvalue weighted by Crippen LogP contribution is 2.30. The highest BCUT2D eigenvalue weighted by molar-refractivity contribution is 5.75. The van der Waals surface area contributed by atoms with Gasteiger partial charge in [0, 0.05) is 13.0 Å². The fourth-order valence-corrected chi connectivity index (χ4v) is 2.09. The van der Waals surface area contributed by atoms with Crippen molar-refractivity contribution in [3.63, 3.8) is 0 Å². The molecule has 0 spiro atoms. The minimum absolute atomic E-state index is 0.0805. The third kappa shape index (κ3) is 4.42. The molecule has 0 radical (unpaired) electrons. The van der Waals surface area contributed by atoms with E-state index in [1.807, 2.05) is 18.2 Å². The van der Waals surface area contributed by atoms with Crippen LogP contribution in [0.1, 0.15) is 31.2 Å². The Balaban J connectivity index is 1.74. The van der Waals surface area contributed by atoms with Crippen molar-refractivity contribution in [2.75, 3.05) is 19.8 Å². The largest absolute Gasteiger partial charge is 0.486 e. The smallest absolute Gasteiger partial charge is 0.220 e. The van der Waals surface area contributed by atoms with E-state index < -0.39 is 0 Å². The lowest BCUT2D eigenvalue weighted by atomic mass is 10.1. The Morgan fingerprint density at radius 2 is 1.95 bits per heavy atom. The van der Waals surface area contributed by atoms with Gasteiger partial charge in [-0.25, -0.2) is 0 Å². The summed E-state index contributed by atoms with van der Waals surface area (Å²) < 4.78 is 11.0. The van der Waals surface area contributed by atoms with Gasteiger partial charge in [-0.15, -0.1) is 0 Å². The lowest BCUT2D eigenvalue weighted by Crippen LogP contribution is -2.22. The molecule has 2 rings (SSSR count). The number of nitrogens with two attached hydrogens (primary N) is 1. The molecule has 110 valence electrons. The molecule has 0 unspecified atom stereocenters. The van der Waals surface area contributed by atoms with Gasteiger partial charge in [0.05, 0.1) is 0 Å². The van der Waals surface area contributed by atoms with E-state index in [-0.39, 0.29) is 5.91 Å². The van der Waals surface area contributed by atoms with Gasteiger partial charge in [0.1, 0.15) is 13.2 Å². The second kappa shape index (κ2) is 7.75. The van der Waals surface area contributed by atoms with Crippen LogP contribution in [-0.4, -0.2) is 25.7 Å². The van der Waals surface area contributed by atoms with Crippen LogP contribution in [-0.2, 0) is 11.3 Å². The molecule has 5 heteroatoms. The van der Waals surface area contributed by atoms with Gasteiger partial charge in [-0.3, -0.25) is 4.79 Å². The molecule has 0 bridgehead atoms. The van der Waals surface area contributed by atoms with Gasteiger partial charge < -0.3 is 20.5 Å². The summed E-state index contributed by atoms with van der Waals surface area (Å²) in [5.74, 6) is 1.61. The second-order valence-electron chi connectivity index (χ2n) is 4.85. The zero-order valence-corrected chi connectivity index (χ0v) is 11.7. The van der Waals surface area contributed by atoms with Crippen molar-refractivity contribution >= 4 is 5.91 Å². The van der Waals surface area contributed by atoms with Crippen molar-refractivity contribution in [2.45, 2.75) is 32.2 Å². The Hall–Kier alpha value is -1.75. The number of unbranched alkanes of at least 4 members (excludes halogenated alkanes) is 2. The standard InChI is InChI=1S/C15H22N2O3/c16-7-3-1-2-4-15(18)17-11-12-5-6-13-14(10-12)20-9-8-19-13/h5-6,10H,1-4,7-9,11,16H2,(H,17,18). The molecule has 1 heterocycles. The first-order valence-corrected chi connectivity index (χ1v) is 7.15. The maximum Gasteiger partial charge on any atom is 0.220 e. The summed E-state index contributed by atoms with van der Waals surface area (Å²) in [7, 11) is 0. The molecular weight excluding hydrogens is 256 g/mol. The van der Waals surface area contributed by atoms with Crippen LogP contribution in [0.3, 0.4) is 0 Å². The number of rotatable bonds is 7. The van der Waals surface area contributed by atoms with Crippen molar-refractivity contribution in [3.8, 4) is 11.5 Å². The van der Waals surface area contributed by atoms with E-state index in [4.69, 9.17) is 15.2 Å². The molecule has 1 amide bonds. The van der Waals surface area contributed by atoms with Gasteiger partial charge in [-0.1, -0.05) is 12.5 Å². The van der Waals surface area contributed by atoms with E-state index in [1.165, 1.54) is 0 Å². The van der Waals surface area contributed by atoms with Crippen molar-refractivity contribution < 1.29 is 14.3 Å². The van der Waals surface area contributed by atoms with Crippen LogP contribution in [0.2, 0.25) is 0 Å². The molecule has 0 fully saturated rings. The lowest BCUT2D eigenvalue weighted by molar-refractivity contribution is -0.121. The normalized spacial score (nSPS) is 13.1. The number of nitrogens with one attached hydrogen (secondary N) is 1. The Morgan fingerprint density at radius 1 is 1.15 bits per heavy atom. The fourth-order valence-electron chi connectivity index (χ4n) is 2.09. The van der Waals surface area contributed by atoms with E-state index in [0.717, 1.165) is 36.3 Å². The number of benzene rings is 1. The Bertz CT molecular complexity index is 449. The zero-order chi connectivity index (χ0) is 14.2. The number of amides is 1. The molecule has 5 nitrogen and oxygen atoms in total. The number of hydrogen-bond acceptors (Lipinski definition) is 4. The third-order valence-electron chi connectivity index (χ3n) is 3.20. The zero-order valence-electron chi connectivity index (χ0n) is 11.7. The van der Waals surface area contributed by atoms with E-state index in [9.17, 15) is 4.79 Å². The summed E-state index contributed by atoms with van der Waals surface area (Å²) in [6.07, 6.45) is 3.44. The fraction of sp³-hybridized carbons (Fsp3) is 0.533. The van der Waals surface area contributed by atoms with Crippen LogP contribution in [0.15, 0.2) is 18.2 Å². The van der Waals surface area contributed by atoms with Crippen LogP contribution in [0.5, 0.6) is 11.5 Å². The van der Waals surface area contributed by atoms with Crippen molar-refractivity contribution in [1.82, 2.24) is 5.32 Å². The molecule has 0 atom stereocenters. The first-order chi connectivity index (χ1) is 9.79. The number of fused-ring (bicyclic) bond motifs is 1. The summed E-state index contributed by atoms with van der Waals surface area (Å²) in [6, 6.07) is 5.75. The molecule has 1 aromatic rings. The highest BCUT2D eigenvalue weighted by Gasteiger charge is 2.11. The molecule has 1 aromatic carbocycles. The van der Waals surface area contributed by atoms with Crippen LogP contribution < -0.4 is 20.5 Å². The summed E-state index contributed by atoms with van der Waals surface area (Å²) >= 11 is 0. The van der Waals surface area contributed by atoms with Gasteiger partial charge in [-0.05, 0) is 37.1 Å². The Morgan fingerprint density at radius 3 is 2.75 bits per heavy atom. The average molecular weight is 278 g/mol. The molecule has 0 aliphatic carbocycles. The van der Waals surface area contributed by atoms with Gasteiger partial charge in [0.25, 0.3) is 0 Å². The second-order valence-corrected chi connectivity index (χ2v) is 4.85. The molecule has 0 saturated carbocycles. The van der Waals surface area contributed by atoms with E-state index in [1.54, 1.807) is 0 Å². The molecule has 0 saturated heterocycles. The minimum atomic E-state index is 0.0805. The van der Waals surface area contributed by atoms with Crippen LogP contribution >= 0.6 is 0 Å². The maximum absolute atomic E-state index is 11.7. The number of hydrogen-bond donors (Lipinski definition) is 2. The predicted octanol–water partition coefficient (Wildman–Crippen LogP) is 1.59. The summed E-state index contributed by atoms with van der Waals surface area (Å²) in [5.41, 5.74) is 6.43. The van der Waals surface area contributed by atoms with Crippen LogP contribution in [0.25, 0.3) is 0 Å². The van der Waals surface area contributed by atoms with Crippen molar-refractivity contribution in [1.29, 1.82) is 0 Å². The Kier molecular flexibility index (Phi) is 5.68. The van der Waals surface area contributed by atoms with E-state index >= 15 is 0 Å². The average Bonchev–Trinajstić information content (AvgIpc) is 2.49. The van der Waals surface area contributed by atoms with Gasteiger partial charge in [-0.2, -0.15) is 0 Å². The van der Waals surface area contributed by atoms with Gasteiger partial charge in [0.15, 0.2) is 11.5 Å². The SMILES string of the molecule is NCCCCCC(=O)NCc1ccc2c(c1)OCCO2. The first kappa shape index (κ1) is 14.7. The van der Waals surface area contributed by atoms with E-state index in [2.05, 4.69) is 5.32 Å². The number of carbonyl (C=O) groups excluding carboxylic acids is 1. The molecule has 20 heavy (non-hydrogen) atoms. The third-order valence-corrected chi connectivity index (χ3v) is 3.20. The Labute approximate surface area is 119 Å². The molecular formula is C15H22N2O3. The van der Waals surface area contributed by atoms with Crippen molar-refractivity contribution in [2.24, 2.45) is 5.73 Å². The molecule has 1 aliphatic rings. The first-order valence-electron chi connectivity index (χ1n) is 7.15. The molecule has 0 aromatic heterocycles. The van der Waals surface area contributed by atoms with E-state index in [0.29, 0.717) is 32.7 Å². The number of ether oxygens (including phenoxy) is 2. The molecule has 1 aliphatic heterocycles. The summed E-state index contributed by atoms with van der Waals surface area (Å²) in [5, 5.41) is 2.92. The lowest BCUT2D eigenvalue weighted by Gasteiger charge is -2.19. The summed E-state index contributed by atoms with van der Waals surface area (Å²) in [4.78, 5) is 11.7. The highest BCUT2D eigenvalue weighted by atomic mass is 16.6. The van der Waals surface area contributed by atoms with Crippen molar-refractivity contribution in [3.05, 3.63) is 23.8 Å². The summed E-state index contributed by atoms with van der Waals surface area (Å²) in [6.45, 7) is 2.38. The monoisotopic (exact) mass is 278 g/mol.